The summed E-state index contributed by atoms with van der Waals surface area (Å²) in [7, 11) is -2.07. The number of carbonyl (C=O) groups is 1. The zero-order chi connectivity index (χ0) is 18.6. The fraction of sp³-hybridized carbons (Fsp3) is 0.333. The van der Waals surface area contributed by atoms with E-state index in [1.807, 2.05) is 0 Å². The minimum Gasteiger partial charge on any atom is -0.481 e. The van der Waals surface area contributed by atoms with Crippen LogP contribution in [-0.4, -0.2) is 43.8 Å². The second kappa shape index (κ2) is 7.84. The predicted molar refractivity (Wildman–Crippen MR) is 97.8 cm³/mol. The largest absolute Gasteiger partial charge is 0.481 e. The van der Waals surface area contributed by atoms with Crippen molar-refractivity contribution in [3.05, 3.63) is 48.2 Å². The van der Waals surface area contributed by atoms with Crippen molar-refractivity contribution in [3.8, 4) is 5.88 Å². The van der Waals surface area contributed by atoms with Crippen LogP contribution in [0.3, 0.4) is 0 Å². The number of hydrogen-bond donors (Lipinski definition) is 1. The summed E-state index contributed by atoms with van der Waals surface area (Å²) in [5.41, 5.74) is 0.777. The summed E-state index contributed by atoms with van der Waals surface area (Å²) in [6, 6.07) is 9.40. The molecule has 1 aliphatic rings. The number of rotatable bonds is 5. The van der Waals surface area contributed by atoms with E-state index in [1.54, 1.807) is 24.3 Å². The van der Waals surface area contributed by atoms with Crippen molar-refractivity contribution in [2.45, 2.75) is 24.2 Å². The summed E-state index contributed by atoms with van der Waals surface area (Å²) >= 11 is 0. The minimum atomic E-state index is -3.58. The molecule has 26 heavy (non-hydrogen) atoms. The number of anilines is 1. The number of ether oxygens (including phenoxy) is 1. The van der Waals surface area contributed by atoms with Gasteiger partial charge in [-0.3, -0.25) is 4.79 Å². The molecular weight excluding hydrogens is 354 g/mol. The average Bonchev–Trinajstić information content (AvgIpc) is 2.69. The van der Waals surface area contributed by atoms with Crippen molar-refractivity contribution in [1.82, 2.24) is 9.29 Å². The van der Waals surface area contributed by atoms with E-state index >= 15 is 0 Å². The van der Waals surface area contributed by atoms with Crippen LogP contribution in [0.2, 0.25) is 0 Å². The second-order valence-electron chi connectivity index (χ2n) is 6.04. The molecule has 0 aliphatic carbocycles. The summed E-state index contributed by atoms with van der Waals surface area (Å²) in [5, 5.41) is 2.70. The highest BCUT2D eigenvalue weighted by atomic mass is 32.2. The molecule has 8 heteroatoms. The number of benzene rings is 1. The third kappa shape index (κ3) is 4.03. The van der Waals surface area contributed by atoms with Crippen LogP contribution in [0.5, 0.6) is 5.88 Å². The lowest BCUT2D eigenvalue weighted by atomic mass is 10.2. The highest BCUT2D eigenvalue weighted by Gasteiger charge is 2.26. The number of sulfonamides is 1. The van der Waals surface area contributed by atoms with Gasteiger partial charge in [-0.2, -0.15) is 4.31 Å². The molecule has 7 nitrogen and oxygen atoms in total. The topological polar surface area (TPSA) is 88.6 Å². The smallest absolute Gasteiger partial charge is 0.255 e. The normalized spacial score (nSPS) is 15.4. The molecule has 2 heterocycles. The van der Waals surface area contributed by atoms with Crippen LogP contribution in [-0.2, 0) is 10.0 Å². The van der Waals surface area contributed by atoms with E-state index < -0.39 is 15.9 Å². The fourth-order valence-corrected chi connectivity index (χ4v) is 4.39. The molecule has 0 bridgehead atoms. The highest BCUT2D eigenvalue weighted by molar-refractivity contribution is 7.89. The maximum absolute atomic E-state index is 12.8. The molecular formula is C18H21N3O4S. The van der Waals surface area contributed by atoms with Gasteiger partial charge in [0.1, 0.15) is 0 Å². The molecule has 1 aromatic carbocycles. The summed E-state index contributed by atoms with van der Waals surface area (Å²) in [6.07, 6.45) is 4.25. The van der Waals surface area contributed by atoms with E-state index in [-0.39, 0.29) is 10.5 Å². The SMILES string of the molecule is COc1ccc(NC(=O)c2cccc(S(=O)(=O)N3CCCCC3)c2)cn1. The van der Waals surface area contributed by atoms with Crippen LogP contribution < -0.4 is 10.1 Å². The van der Waals surface area contributed by atoms with E-state index in [4.69, 9.17) is 4.74 Å². The Morgan fingerprint density at radius 2 is 1.92 bits per heavy atom. The lowest BCUT2D eigenvalue weighted by Gasteiger charge is -2.26. The molecule has 1 aromatic heterocycles. The Morgan fingerprint density at radius 3 is 2.58 bits per heavy atom. The van der Waals surface area contributed by atoms with E-state index in [0.29, 0.717) is 24.7 Å². The Bertz CT molecular complexity index is 876. The maximum atomic E-state index is 12.8. The lowest BCUT2D eigenvalue weighted by molar-refractivity contribution is 0.102. The van der Waals surface area contributed by atoms with Crippen molar-refractivity contribution >= 4 is 21.6 Å². The first-order valence-electron chi connectivity index (χ1n) is 8.42. The number of methoxy groups -OCH3 is 1. The third-order valence-corrected chi connectivity index (χ3v) is 6.15. The Balaban J connectivity index is 1.78. The fourth-order valence-electron chi connectivity index (χ4n) is 2.83. The molecule has 1 N–H and O–H groups in total. The van der Waals surface area contributed by atoms with Gasteiger partial charge in [0.05, 0.1) is 23.9 Å². The Kier molecular flexibility index (Phi) is 5.53. The van der Waals surface area contributed by atoms with Crippen LogP contribution >= 0.6 is 0 Å². The summed E-state index contributed by atoms with van der Waals surface area (Å²) in [4.78, 5) is 16.6. The van der Waals surface area contributed by atoms with Gasteiger partial charge in [0, 0.05) is 24.7 Å². The van der Waals surface area contributed by atoms with Gasteiger partial charge < -0.3 is 10.1 Å². The third-order valence-electron chi connectivity index (χ3n) is 4.25. The monoisotopic (exact) mass is 375 g/mol. The second-order valence-corrected chi connectivity index (χ2v) is 7.97. The number of nitrogens with zero attached hydrogens (tertiary/aromatic N) is 2. The molecule has 0 saturated carbocycles. The molecule has 1 amide bonds. The number of amides is 1. The number of piperidine rings is 1. The molecule has 0 atom stereocenters. The standard InChI is InChI=1S/C18H21N3O4S/c1-25-17-9-8-15(13-19-17)20-18(22)14-6-5-7-16(12-14)26(23,24)21-10-3-2-4-11-21/h5-9,12-13H,2-4,10-11H2,1H3,(H,20,22). The van der Waals surface area contributed by atoms with Gasteiger partial charge >= 0.3 is 0 Å². The van der Waals surface area contributed by atoms with Crippen LogP contribution in [0, 0.1) is 0 Å². The van der Waals surface area contributed by atoms with Gasteiger partial charge in [-0.15, -0.1) is 0 Å². The number of pyridine rings is 1. The quantitative estimate of drug-likeness (QED) is 0.867. The predicted octanol–water partition coefficient (Wildman–Crippen LogP) is 2.52. The molecule has 138 valence electrons. The zero-order valence-corrected chi connectivity index (χ0v) is 15.3. The van der Waals surface area contributed by atoms with Crippen molar-refractivity contribution in [2.24, 2.45) is 0 Å². The van der Waals surface area contributed by atoms with Gasteiger partial charge in [0.25, 0.3) is 5.91 Å². The average molecular weight is 375 g/mol. The Morgan fingerprint density at radius 1 is 1.15 bits per heavy atom. The lowest BCUT2D eigenvalue weighted by Crippen LogP contribution is -2.35. The first-order valence-corrected chi connectivity index (χ1v) is 9.86. The van der Waals surface area contributed by atoms with E-state index in [2.05, 4.69) is 10.3 Å². The van der Waals surface area contributed by atoms with Crippen molar-refractivity contribution < 1.29 is 17.9 Å². The van der Waals surface area contributed by atoms with E-state index in [9.17, 15) is 13.2 Å². The molecule has 0 unspecified atom stereocenters. The maximum Gasteiger partial charge on any atom is 0.255 e. The van der Waals surface area contributed by atoms with Crippen molar-refractivity contribution in [2.75, 3.05) is 25.5 Å². The van der Waals surface area contributed by atoms with Crippen LogP contribution in [0.15, 0.2) is 47.5 Å². The van der Waals surface area contributed by atoms with Crippen LogP contribution in [0.25, 0.3) is 0 Å². The van der Waals surface area contributed by atoms with Crippen LogP contribution in [0.4, 0.5) is 5.69 Å². The molecule has 2 aromatic rings. The molecule has 1 aliphatic heterocycles. The number of hydrogen-bond acceptors (Lipinski definition) is 5. The van der Waals surface area contributed by atoms with Gasteiger partial charge in [0.15, 0.2) is 0 Å². The summed E-state index contributed by atoms with van der Waals surface area (Å²) in [5.74, 6) is 0.0466. The van der Waals surface area contributed by atoms with Crippen molar-refractivity contribution in [3.63, 3.8) is 0 Å². The van der Waals surface area contributed by atoms with Gasteiger partial charge in [0.2, 0.25) is 15.9 Å². The van der Waals surface area contributed by atoms with E-state index in [0.717, 1.165) is 19.3 Å². The first kappa shape index (κ1) is 18.3. The molecule has 3 rings (SSSR count). The Labute approximate surface area is 153 Å². The zero-order valence-electron chi connectivity index (χ0n) is 14.5. The van der Waals surface area contributed by atoms with Gasteiger partial charge in [-0.05, 0) is 37.1 Å². The summed E-state index contributed by atoms with van der Waals surface area (Å²) in [6.45, 7) is 1.05. The molecule has 0 spiro atoms. The molecule has 1 saturated heterocycles. The number of aromatic nitrogens is 1. The molecule has 1 fully saturated rings. The minimum absolute atomic E-state index is 0.139. The highest BCUT2D eigenvalue weighted by Crippen LogP contribution is 2.22. The number of carbonyl (C=O) groups excluding carboxylic acids is 1. The molecule has 0 radical (unpaired) electrons. The van der Waals surface area contributed by atoms with Crippen molar-refractivity contribution in [1.29, 1.82) is 0 Å². The Hall–Kier alpha value is -2.45. The van der Waals surface area contributed by atoms with Gasteiger partial charge in [-0.25, -0.2) is 13.4 Å². The summed E-state index contributed by atoms with van der Waals surface area (Å²) < 4.78 is 32.0. The number of nitrogens with one attached hydrogen (secondary N) is 1. The first-order chi connectivity index (χ1) is 12.5. The van der Waals surface area contributed by atoms with Crippen LogP contribution in [0.1, 0.15) is 29.6 Å². The van der Waals surface area contributed by atoms with E-state index in [1.165, 1.54) is 29.7 Å². The van der Waals surface area contributed by atoms with Gasteiger partial charge in [-0.1, -0.05) is 12.5 Å².